The van der Waals surface area contributed by atoms with Gasteiger partial charge < -0.3 is 16.4 Å². The van der Waals surface area contributed by atoms with Crippen LogP contribution in [0.2, 0.25) is 0 Å². The molecule has 0 fully saturated rings. The average Bonchev–Trinajstić information content (AvgIpc) is 2.45. The first-order valence-corrected chi connectivity index (χ1v) is 8.08. The van der Waals surface area contributed by atoms with Crippen molar-refractivity contribution >= 4 is 35.0 Å². The number of carbonyl (C=O) groups excluding carboxylic acids is 2. The molecule has 4 N–H and O–H groups in total. The summed E-state index contributed by atoms with van der Waals surface area (Å²) in [5.74, 6) is -0.291. The number of fused-ring (bicyclic) bond motifs is 1. The molecule has 0 spiro atoms. The number of hydrogen-bond donors (Lipinski definition) is 3. The Morgan fingerprint density at radius 2 is 2.29 bits per heavy atom. The van der Waals surface area contributed by atoms with E-state index < -0.39 is 17.8 Å². The van der Waals surface area contributed by atoms with Gasteiger partial charge in [0, 0.05) is 12.1 Å². The number of benzene rings is 1. The molecule has 0 saturated carbocycles. The van der Waals surface area contributed by atoms with Crippen molar-refractivity contribution < 1.29 is 14.0 Å². The Bertz CT molecular complexity index is 565. The Labute approximate surface area is 126 Å². The van der Waals surface area contributed by atoms with Gasteiger partial charge in [-0.05, 0) is 42.5 Å². The van der Waals surface area contributed by atoms with Crippen molar-refractivity contribution in [3.63, 3.8) is 0 Å². The number of amides is 2. The number of nitrogens with one attached hydrogen (secondary N) is 2. The van der Waals surface area contributed by atoms with Crippen LogP contribution in [0.5, 0.6) is 0 Å². The van der Waals surface area contributed by atoms with Gasteiger partial charge in [-0.3, -0.25) is 9.59 Å². The lowest BCUT2D eigenvalue weighted by Crippen LogP contribution is -2.36. The van der Waals surface area contributed by atoms with E-state index in [1.807, 2.05) is 6.26 Å². The number of thioether (sulfide) groups is 1. The second-order valence-corrected chi connectivity index (χ2v) is 5.90. The first kappa shape index (κ1) is 15.8. The number of rotatable bonds is 5. The lowest BCUT2D eigenvalue weighted by Gasteiger charge is -2.19. The molecular formula is C14H18FN3O2S. The fourth-order valence-corrected chi connectivity index (χ4v) is 2.59. The maximum Gasteiger partial charge on any atom is 0.241 e. The fraction of sp³-hybridized carbons (Fsp3) is 0.429. The molecule has 0 saturated heterocycles. The summed E-state index contributed by atoms with van der Waals surface area (Å²) in [6, 6.07) is 2.11. The van der Waals surface area contributed by atoms with Crippen LogP contribution in [0.4, 0.5) is 15.8 Å². The van der Waals surface area contributed by atoms with E-state index in [0.29, 0.717) is 24.9 Å². The molecule has 1 aromatic carbocycles. The first-order valence-electron chi connectivity index (χ1n) is 6.69. The topological polar surface area (TPSA) is 84.2 Å². The van der Waals surface area contributed by atoms with Gasteiger partial charge in [0.05, 0.1) is 11.7 Å². The van der Waals surface area contributed by atoms with E-state index in [2.05, 4.69) is 10.6 Å². The van der Waals surface area contributed by atoms with Crippen LogP contribution in [0.15, 0.2) is 12.1 Å². The summed E-state index contributed by atoms with van der Waals surface area (Å²) in [5.41, 5.74) is 7.06. The predicted molar refractivity (Wildman–Crippen MR) is 83.0 cm³/mol. The molecule has 1 heterocycles. The van der Waals surface area contributed by atoms with E-state index in [4.69, 9.17) is 5.73 Å². The highest BCUT2D eigenvalue weighted by Gasteiger charge is 2.20. The molecule has 0 unspecified atom stereocenters. The Kier molecular flexibility index (Phi) is 5.19. The minimum absolute atomic E-state index is 0.0422. The normalized spacial score (nSPS) is 15.1. The Hall–Kier alpha value is -1.60. The predicted octanol–water partition coefficient (Wildman–Crippen LogP) is 1.73. The largest absolute Gasteiger partial charge is 0.326 e. The van der Waals surface area contributed by atoms with Crippen LogP contribution in [0, 0.1) is 5.82 Å². The van der Waals surface area contributed by atoms with Crippen LogP contribution >= 0.6 is 11.8 Å². The molecule has 2 amide bonds. The van der Waals surface area contributed by atoms with Gasteiger partial charge in [0.1, 0.15) is 5.82 Å². The minimum atomic E-state index is -0.678. The summed E-state index contributed by atoms with van der Waals surface area (Å²) < 4.78 is 14.0. The van der Waals surface area contributed by atoms with E-state index in [-0.39, 0.29) is 11.6 Å². The Morgan fingerprint density at radius 3 is 3.00 bits per heavy atom. The maximum atomic E-state index is 14.0. The van der Waals surface area contributed by atoms with Crippen LogP contribution in [0.3, 0.4) is 0 Å². The number of carbonyl (C=O) groups is 2. The van der Waals surface area contributed by atoms with Crippen molar-refractivity contribution in [1.29, 1.82) is 0 Å². The molecule has 1 atom stereocenters. The molecule has 21 heavy (non-hydrogen) atoms. The summed E-state index contributed by atoms with van der Waals surface area (Å²) in [4.78, 5) is 23.3. The van der Waals surface area contributed by atoms with E-state index in [9.17, 15) is 14.0 Å². The summed E-state index contributed by atoms with van der Waals surface area (Å²) in [5, 5.41) is 5.16. The van der Waals surface area contributed by atoms with Crippen molar-refractivity contribution in [2.24, 2.45) is 5.73 Å². The van der Waals surface area contributed by atoms with Gasteiger partial charge in [0.15, 0.2) is 0 Å². The summed E-state index contributed by atoms with van der Waals surface area (Å²) in [6.07, 6.45) is 3.30. The van der Waals surface area contributed by atoms with Gasteiger partial charge in [0.2, 0.25) is 11.8 Å². The molecule has 0 radical (unpaired) electrons. The van der Waals surface area contributed by atoms with Gasteiger partial charge in [-0.25, -0.2) is 4.39 Å². The molecule has 0 bridgehead atoms. The summed E-state index contributed by atoms with van der Waals surface area (Å²) >= 11 is 1.59. The molecular weight excluding hydrogens is 293 g/mol. The van der Waals surface area contributed by atoms with Gasteiger partial charge in [-0.1, -0.05) is 0 Å². The zero-order valence-electron chi connectivity index (χ0n) is 11.7. The number of nitrogens with two attached hydrogens (primary N) is 1. The second-order valence-electron chi connectivity index (χ2n) is 4.91. The van der Waals surface area contributed by atoms with Crippen molar-refractivity contribution in [2.45, 2.75) is 25.3 Å². The van der Waals surface area contributed by atoms with Gasteiger partial charge in [-0.15, -0.1) is 0 Å². The first-order chi connectivity index (χ1) is 10.0. The summed E-state index contributed by atoms with van der Waals surface area (Å²) in [7, 11) is 0. The second kappa shape index (κ2) is 6.91. The molecule has 1 aromatic rings. The van der Waals surface area contributed by atoms with E-state index in [0.717, 1.165) is 11.3 Å². The minimum Gasteiger partial charge on any atom is -0.326 e. The standard InChI is InChI=1S/C14H18FN3O2S/c1-21-5-4-10(16)14(20)18-12-7-11-8(6-9(12)15)2-3-13(19)17-11/h6-7,10H,2-5,16H2,1H3,(H,17,19)(H,18,20)/t10-/m1/s1. The molecule has 7 heteroatoms. The SMILES string of the molecule is CSCC[C@@H](N)C(=O)Nc1cc2c(cc1F)CCC(=O)N2. The third-order valence-corrected chi connectivity index (χ3v) is 3.96. The highest BCUT2D eigenvalue weighted by atomic mass is 32.2. The van der Waals surface area contributed by atoms with Gasteiger partial charge in [-0.2, -0.15) is 11.8 Å². The Morgan fingerprint density at radius 1 is 1.52 bits per heavy atom. The van der Waals surface area contributed by atoms with Crippen LogP contribution in [-0.2, 0) is 16.0 Å². The number of hydrogen-bond acceptors (Lipinski definition) is 4. The van der Waals surface area contributed by atoms with E-state index in [1.165, 1.54) is 12.1 Å². The number of anilines is 2. The van der Waals surface area contributed by atoms with Gasteiger partial charge >= 0.3 is 0 Å². The molecule has 114 valence electrons. The fourth-order valence-electron chi connectivity index (χ4n) is 2.10. The van der Waals surface area contributed by atoms with E-state index >= 15 is 0 Å². The lowest BCUT2D eigenvalue weighted by molar-refractivity contribution is -0.117. The monoisotopic (exact) mass is 311 g/mol. The zero-order valence-corrected chi connectivity index (χ0v) is 12.6. The van der Waals surface area contributed by atoms with Crippen molar-refractivity contribution in [2.75, 3.05) is 22.6 Å². The Balaban J connectivity index is 2.11. The van der Waals surface area contributed by atoms with E-state index in [1.54, 1.807) is 11.8 Å². The number of halogens is 1. The van der Waals surface area contributed by atoms with Crippen LogP contribution in [-0.4, -0.2) is 29.9 Å². The third kappa shape index (κ3) is 3.95. The average molecular weight is 311 g/mol. The molecule has 0 aromatic heterocycles. The highest BCUT2D eigenvalue weighted by molar-refractivity contribution is 7.98. The van der Waals surface area contributed by atoms with Crippen LogP contribution in [0.1, 0.15) is 18.4 Å². The zero-order chi connectivity index (χ0) is 15.4. The molecule has 0 aliphatic carbocycles. The van der Waals surface area contributed by atoms with Crippen molar-refractivity contribution in [3.8, 4) is 0 Å². The molecule has 5 nitrogen and oxygen atoms in total. The van der Waals surface area contributed by atoms with Crippen LogP contribution in [0.25, 0.3) is 0 Å². The molecule has 2 rings (SSSR count). The van der Waals surface area contributed by atoms with Crippen molar-refractivity contribution in [3.05, 3.63) is 23.5 Å². The quantitative estimate of drug-likeness (QED) is 0.773. The summed E-state index contributed by atoms with van der Waals surface area (Å²) in [6.45, 7) is 0. The van der Waals surface area contributed by atoms with Crippen LogP contribution < -0.4 is 16.4 Å². The maximum absolute atomic E-state index is 14.0. The highest BCUT2D eigenvalue weighted by Crippen LogP contribution is 2.28. The molecule has 1 aliphatic heterocycles. The van der Waals surface area contributed by atoms with Gasteiger partial charge in [0.25, 0.3) is 0 Å². The lowest BCUT2D eigenvalue weighted by atomic mass is 10.0. The smallest absolute Gasteiger partial charge is 0.241 e. The third-order valence-electron chi connectivity index (χ3n) is 3.32. The molecule has 1 aliphatic rings. The number of aryl methyl sites for hydroxylation is 1. The van der Waals surface area contributed by atoms with Crippen molar-refractivity contribution in [1.82, 2.24) is 0 Å².